The van der Waals surface area contributed by atoms with E-state index in [9.17, 15) is 0 Å². The number of allylic oxidation sites excluding steroid dienone is 1. The Balaban J connectivity index is 0. The smallest absolute Gasteiger partial charge is 0.105 e. The molecule has 0 saturated heterocycles. The predicted octanol–water partition coefficient (Wildman–Crippen LogP) is 1.88. The van der Waals surface area contributed by atoms with E-state index in [4.69, 9.17) is 16.8 Å². The predicted molar refractivity (Wildman–Crippen MR) is 45.4 cm³/mol. The SMILES string of the molecule is C=CCCl.CC[N+](C)(C)O. The summed E-state index contributed by atoms with van der Waals surface area (Å²) in [6, 6.07) is 0. The van der Waals surface area contributed by atoms with Gasteiger partial charge in [-0.2, -0.15) is 4.65 Å². The van der Waals surface area contributed by atoms with Crippen LogP contribution in [0.1, 0.15) is 6.92 Å². The maximum absolute atomic E-state index is 8.76. The zero-order valence-corrected chi connectivity index (χ0v) is 7.73. The fourth-order valence-corrected chi connectivity index (χ4v) is 0. The van der Waals surface area contributed by atoms with Crippen molar-refractivity contribution in [2.24, 2.45) is 0 Å². The second-order valence-corrected chi connectivity index (χ2v) is 2.69. The largest absolute Gasteiger partial charge is 0.218 e. The lowest BCUT2D eigenvalue weighted by Crippen LogP contribution is -2.34. The minimum absolute atomic E-state index is 0.0694. The van der Waals surface area contributed by atoms with Crippen LogP contribution in [0, 0.1) is 0 Å². The van der Waals surface area contributed by atoms with Gasteiger partial charge in [-0.25, -0.2) is 5.21 Å². The van der Waals surface area contributed by atoms with E-state index in [-0.39, 0.29) is 4.65 Å². The molecular weight excluding hydrogens is 150 g/mol. The standard InChI is InChI=1S/C4H12NO.C3H5Cl/c1-4-5(2,3)6;1-2-3-4/h6H,4H2,1-3H3;2H,1,3H2/q+1;. The van der Waals surface area contributed by atoms with Gasteiger partial charge in [0.05, 0.1) is 14.1 Å². The Kier molecular flexibility index (Phi) is 8.91. The molecule has 0 spiro atoms. The van der Waals surface area contributed by atoms with E-state index >= 15 is 0 Å². The van der Waals surface area contributed by atoms with Crippen molar-refractivity contribution >= 4 is 11.6 Å². The summed E-state index contributed by atoms with van der Waals surface area (Å²) in [4.78, 5) is 0. The zero-order chi connectivity index (χ0) is 8.62. The molecule has 0 unspecified atom stereocenters. The molecule has 0 saturated carbocycles. The molecule has 3 heteroatoms. The third-order valence-electron chi connectivity index (χ3n) is 0.883. The number of hydroxylamine groups is 3. The van der Waals surface area contributed by atoms with Gasteiger partial charge in [0.25, 0.3) is 0 Å². The van der Waals surface area contributed by atoms with Crippen molar-refractivity contribution in [1.82, 2.24) is 0 Å². The number of quaternary nitrogens is 1. The summed E-state index contributed by atoms with van der Waals surface area (Å²) in [5.74, 6) is 0.556. The molecule has 0 heterocycles. The van der Waals surface area contributed by atoms with Gasteiger partial charge in [-0.1, -0.05) is 6.08 Å². The van der Waals surface area contributed by atoms with Crippen LogP contribution in [0.5, 0.6) is 0 Å². The van der Waals surface area contributed by atoms with Gasteiger partial charge in [0, 0.05) is 5.88 Å². The highest BCUT2D eigenvalue weighted by molar-refractivity contribution is 6.18. The first kappa shape index (κ1) is 12.6. The highest BCUT2D eigenvalue weighted by Gasteiger charge is 2.02. The number of nitrogens with zero attached hydrogens (tertiary/aromatic N) is 1. The molecular formula is C7H17ClNO+. The van der Waals surface area contributed by atoms with Crippen molar-refractivity contribution in [3.8, 4) is 0 Å². The van der Waals surface area contributed by atoms with Crippen molar-refractivity contribution in [3.63, 3.8) is 0 Å². The van der Waals surface area contributed by atoms with E-state index in [0.29, 0.717) is 5.88 Å². The molecule has 0 bridgehead atoms. The first-order valence-electron chi connectivity index (χ1n) is 3.20. The molecule has 1 N–H and O–H groups in total. The topological polar surface area (TPSA) is 20.2 Å². The lowest BCUT2D eigenvalue weighted by atomic mass is 10.7. The highest BCUT2D eigenvalue weighted by Crippen LogP contribution is 1.82. The number of hydrogen-bond donors (Lipinski definition) is 1. The van der Waals surface area contributed by atoms with Crippen LogP contribution in [0.3, 0.4) is 0 Å². The molecule has 2 nitrogen and oxygen atoms in total. The average Bonchev–Trinajstić information content (AvgIpc) is 1.87. The molecule has 10 heavy (non-hydrogen) atoms. The monoisotopic (exact) mass is 166 g/mol. The summed E-state index contributed by atoms with van der Waals surface area (Å²) >= 11 is 5.07. The third kappa shape index (κ3) is 24.6. The van der Waals surface area contributed by atoms with Crippen LogP contribution in [0.2, 0.25) is 0 Å². The van der Waals surface area contributed by atoms with Gasteiger partial charge in [-0.3, -0.25) is 0 Å². The number of alkyl halides is 1. The van der Waals surface area contributed by atoms with E-state index in [0.717, 1.165) is 6.54 Å². The van der Waals surface area contributed by atoms with Crippen LogP contribution in [-0.4, -0.2) is 36.4 Å². The van der Waals surface area contributed by atoms with E-state index in [1.165, 1.54) is 0 Å². The van der Waals surface area contributed by atoms with Gasteiger partial charge in [0.1, 0.15) is 6.54 Å². The van der Waals surface area contributed by atoms with Crippen molar-refractivity contribution in [1.29, 1.82) is 0 Å². The Hall–Kier alpha value is -0.0500. The average molecular weight is 167 g/mol. The number of halogens is 1. The molecule has 0 aliphatic carbocycles. The normalized spacial score (nSPS) is 9.70. The van der Waals surface area contributed by atoms with E-state index in [1.807, 2.05) is 6.92 Å². The van der Waals surface area contributed by atoms with Crippen molar-refractivity contribution in [3.05, 3.63) is 12.7 Å². The van der Waals surface area contributed by atoms with Gasteiger partial charge >= 0.3 is 0 Å². The van der Waals surface area contributed by atoms with Crippen molar-refractivity contribution < 1.29 is 9.85 Å². The molecule has 0 fully saturated rings. The van der Waals surface area contributed by atoms with Crippen LogP contribution in [0.25, 0.3) is 0 Å². The Morgan fingerprint density at radius 1 is 1.60 bits per heavy atom. The Bertz CT molecular complexity index is 78.2. The van der Waals surface area contributed by atoms with Gasteiger partial charge < -0.3 is 0 Å². The molecule has 62 valence electrons. The van der Waals surface area contributed by atoms with Gasteiger partial charge in [0.15, 0.2) is 0 Å². The Morgan fingerprint density at radius 2 is 1.80 bits per heavy atom. The Morgan fingerprint density at radius 3 is 1.80 bits per heavy atom. The molecule has 0 aromatic heterocycles. The maximum atomic E-state index is 8.76. The molecule has 0 amide bonds. The summed E-state index contributed by atoms with van der Waals surface area (Å²) in [6.07, 6.45) is 1.64. The molecule has 0 aliphatic heterocycles. The zero-order valence-electron chi connectivity index (χ0n) is 6.97. The van der Waals surface area contributed by atoms with Crippen molar-refractivity contribution in [2.75, 3.05) is 26.5 Å². The van der Waals surface area contributed by atoms with Crippen molar-refractivity contribution in [2.45, 2.75) is 6.92 Å². The lowest BCUT2D eigenvalue weighted by Gasteiger charge is -2.15. The van der Waals surface area contributed by atoms with Crippen LogP contribution < -0.4 is 0 Å². The molecule has 0 aliphatic rings. The molecule has 0 aromatic carbocycles. The molecule has 0 atom stereocenters. The minimum atomic E-state index is 0.0694. The third-order valence-corrected chi connectivity index (χ3v) is 1.10. The summed E-state index contributed by atoms with van der Waals surface area (Å²) in [5, 5.41) is 8.76. The van der Waals surface area contributed by atoms with Crippen LogP contribution in [0.4, 0.5) is 0 Å². The summed E-state index contributed by atoms with van der Waals surface area (Å²) < 4.78 is 0.0694. The quantitative estimate of drug-likeness (QED) is 0.288. The Labute approximate surface area is 68.3 Å². The van der Waals surface area contributed by atoms with Crippen LogP contribution in [0.15, 0.2) is 12.7 Å². The lowest BCUT2D eigenvalue weighted by molar-refractivity contribution is -1.07. The van der Waals surface area contributed by atoms with Crippen LogP contribution >= 0.6 is 11.6 Å². The number of rotatable bonds is 2. The summed E-state index contributed by atoms with van der Waals surface area (Å²) in [7, 11) is 3.47. The fourth-order valence-electron chi connectivity index (χ4n) is 0. The van der Waals surface area contributed by atoms with Gasteiger partial charge in [-0.15, -0.1) is 18.2 Å². The first-order valence-corrected chi connectivity index (χ1v) is 3.74. The second kappa shape index (κ2) is 7.06. The molecule has 0 radical (unpaired) electrons. The van der Waals surface area contributed by atoms with Gasteiger partial charge in [-0.05, 0) is 6.92 Å². The molecule has 0 rings (SSSR count). The van der Waals surface area contributed by atoms with Gasteiger partial charge in [0.2, 0.25) is 0 Å². The minimum Gasteiger partial charge on any atom is -0.218 e. The second-order valence-electron chi connectivity index (χ2n) is 2.38. The van der Waals surface area contributed by atoms with Crippen LogP contribution in [-0.2, 0) is 0 Å². The first-order chi connectivity index (χ1) is 4.47. The van der Waals surface area contributed by atoms with E-state index in [2.05, 4.69) is 6.58 Å². The fraction of sp³-hybridized carbons (Fsp3) is 0.714. The number of hydrogen-bond acceptors (Lipinski definition) is 1. The molecule has 0 aromatic rings. The summed E-state index contributed by atoms with van der Waals surface area (Å²) in [5.41, 5.74) is 0. The maximum Gasteiger partial charge on any atom is 0.105 e. The summed E-state index contributed by atoms with van der Waals surface area (Å²) in [6.45, 7) is 6.04. The highest BCUT2D eigenvalue weighted by atomic mass is 35.5. The van der Waals surface area contributed by atoms with E-state index in [1.54, 1.807) is 20.2 Å². The van der Waals surface area contributed by atoms with E-state index < -0.39 is 0 Å².